The first-order valence-corrected chi connectivity index (χ1v) is 12.6. The lowest BCUT2D eigenvalue weighted by Crippen LogP contribution is -2.43. The third-order valence-electron chi connectivity index (χ3n) is 5.04. The van der Waals surface area contributed by atoms with Gasteiger partial charge in [0, 0.05) is 38.3 Å². The van der Waals surface area contributed by atoms with Crippen LogP contribution in [0, 0.1) is 6.92 Å². The molecule has 1 saturated heterocycles. The Bertz CT molecular complexity index is 1170. The molecule has 0 aliphatic carbocycles. The van der Waals surface area contributed by atoms with Gasteiger partial charge in [0.05, 0.1) is 16.3 Å². The summed E-state index contributed by atoms with van der Waals surface area (Å²) in [5.74, 6) is -2.97. The fraction of sp³-hybridized carbons (Fsp3) is 0.391. The van der Waals surface area contributed by atoms with E-state index in [0.717, 1.165) is 43.9 Å². The molecular weight excluding hydrogens is 501 g/mol. The second kappa shape index (κ2) is 12.6. The van der Waals surface area contributed by atoms with Gasteiger partial charge in [0.1, 0.15) is 0 Å². The zero-order valence-electron chi connectivity index (χ0n) is 19.9. The Kier molecular flexibility index (Phi) is 10.1. The maximum atomic E-state index is 13.0. The first-order valence-electron chi connectivity index (χ1n) is 11.1. The molecule has 0 unspecified atom stereocenters. The molecule has 1 aliphatic rings. The van der Waals surface area contributed by atoms with Gasteiger partial charge in [-0.25, -0.2) is 13.2 Å². The van der Waals surface area contributed by atoms with E-state index in [1.54, 1.807) is 30.3 Å². The Morgan fingerprint density at radius 2 is 1.75 bits per heavy atom. The minimum atomic E-state index is -5.08. The lowest BCUT2D eigenvalue weighted by Gasteiger charge is -2.31. The van der Waals surface area contributed by atoms with Gasteiger partial charge in [-0.2, -0.15) is 13.2 Å². The van der Waals surface area contributed by atoms with Crippen molar-refractivity contribution >= 4 is 33.3 Å². The number of benzene rings is 2. The quantitative estimate of drug-likeness (QED) is 0.433. The summed E-state index contributed by atoms with van der Waals surface area (Å²) in [6.07, 6.45) is -4.25. The number of sulfonamides is 1. The van der Waals surface area contributed by atoms with E-state index in [1.807, 2.05) is 26.0 Å². The second-order valence-electron chi connectivity index (χ2n) is 7.95. The largest absolute Gasteiger partial charge is 0.490 e. The van der Waals surface area contributed by atoms with E-state index in [-0.39, 0.29) is 10.8 Å². The molecule has 0 aromatic heterocycles. The summed E-state index contributed by atoms with van der Waals surface area (Å²) in [5.41, 5.74) is 2.48. The van der Waals surface area contributed by atoms with Crippen LogP contribution in [0.25, 0.3) is 0 Å². The average molecular weight is 531 g/mol. The molecule has 1 amide bonds. The van der Waals surface area contributed by atoms with Crippen molar-refractivity contribution in [3.8, 4) is 0 Å². The zero-order chi connectivity index (χ0) is 26.9. The fourth-order valence-electron chi connectivity index (χ4n) is 3.27. The Morgan fingerprint density at radius 3 is 2.31 bits per heavy atom. The Balaban J connectivity index is 0.000000572. The molecule has 36 heavy (non-hydrogen) atoms. The minimum absolute atomic E-state index is 0.199. The number of aliphatic carboxylic acids is 1. The van der Waals surface area contributed by atoms with E-state index >= 15 is 0 Å². The number of carbonyl (C=O) groups excluding carboxylic acids is 1. The highest BCUT2D eigenvalue weighted by molar-refractivity contribution is 7.92. The van der Waals surface area contributed by atoms with Gasteiger partial charge >= 0.3 is 12.1 Å². The zero-order valence-corrected chi connectivity index (χ0v) is 20.7. The van der Waals surface area contributed by atoms with Crippen LogP contribution in [0.15, 0.2) is 47.4 Å². The first-order chi connectivity index (χ1) is 16.8. The van der Waals surface area contributed by atoms with Crippen LogP contribution in [-0.2, 0) is 14.8 Å². The molecule has 0 saturated carbocycles. The molecule has 13 heteroatoms. The molecule has 2 aromatic rings. The number of carboxylic acids is 1. The van der Waals surface area contributed by atoms with Crippen LogP contribution < -0.4 is 20.3 Å². The molecule has 1 heterocycles. The number of alkyl halides is 3. The van der Waals surface area contributed by atoms with Crippen LogP contribution in [-0.4, -0.2) is 64.3 Å². The van der Waals surface area contributed by atoms with Gasteiger partial charge in [0.15, 0.2) is 0 Å². The van der Waals surface area contributed by atoms with Crippen molar-refractivity contribution in [3.05, 3.63) is 53.6 Å². The van der Waals surface area contributed by atoms with Crippen molar-refractivity contribution in [2.24, 2.45) is 0 Å². The number of halogens is 3. The van der Waals surface area contributed by atoms with Gasteiger partial charge in [-0.3, -0.25) is 9.52 Å². The molecule has 0 bridgehead atoms. The molecule has 1 aliphatic heterocycles. The lowest BCUT2D eigenvalue weighted by molar-refractivity contribution is -0.192. The highest BCUT2D eigenvalue weighted by atomic mass is 32.2. The predicted molar refractivity (Wildman–Crippen MR) is 130 cm³/mol. The monoisotopic (exact) mass is 530 g/mol. The molecule has 3 rings (SSSR count). The summed E-state index contributed by atoms with van der Waals surface area (Å²) in [7, 11) is -3.78. The van der Waals surface area contributed by atoms with Gasteiger partial charge in [-0.05, 0) is 49.2 Å². The number of carboxylic acid groups (broad SMARTS) is 1. The summed E-state index contributed by atoms with van der Waals surface area (Å²) in [6, 6.07) is 11.9. The summed E-state index contributed by atoms with van der Waals surface area (Å²) in [5, 5.41) is 13.3. The van der Waals surface area contributed by atoms with Crippen molar-refractivity contribution in [3.63, 3.8) is 0 Å². The number of piperazine rings is 1. The van der Waals surface area contributed by atoms with Crippen molar-refractivity contribution in [2.45, 2.75) is 31.3 Å². The van der Waals surface area contributed by atoms with E-state index in [2.05, 4.69) is 20.3 Å². The number of anilines is 2. The lowest BCUT2D eigenvalue weighted by atomic mass is 10.1. The molecular formula is C23H29F3N4O5S. The number of hydrogen-bond acceptors (Lipinski definition) is 6. The van der Waals surface area contributed by atoms with Crippen LogP contribution in [0.2, 0.25) is 0 Å². The van der Waals surface area contributed by atoms with Gasteiger partial charge in [-0.1, -0.05) is 19.1 Å². The number of hydrogen-bond donors (Lipinski definition) is 4. The molecule has 2 aromatic carbocycles. The van der Waals surface area contributed by atoms with Crippen LogP contribution in [0.1, 0.15) is 29.3 Å². The van der Waals surface area contributed by atoms with Crippen LogP contribution in [0.3, 0.4) is 0 Å². The number of nitrogens with zero attached hydrogens (tertiary/aromatic N) is 1. The van der Waals surface area contributed by atoms with Gasteiger partial charge in [-0.15, -0.1) is 0 Å². The van der Waals surface area contributed by atoms with Gasteiger partial charge < -0.3 is 20.6 Å². The predicted octanol–water partition coefficient (Wildman–Crippen LogP) is 2.98. The Hall–Kier alpha value is -3.32. The van der Waals surface area contributed by atoms with Crippen molar-refractivity contribution in [2.75, 3.05) is 42.3 Å². The molecule has 9 nitrogen and oxygen atoms in total. The summed E-state index contributed by atoms with van der Waals surface area (Å²) >= 11 is 0. The highest BCUT2D eigenvalue weighted by Crippen LogP contribution is 2.30. The van der Waals surface area contributed by atoms with Crippen molar-refractivity contribution < 1.29 is 36.3 Å². The van der Waals surface area contributed by atoms with Crippen molar-refractivity contribution in [1.29, 1.82) is 0 Å². The van der Waals surface area contributed by atoms with Gasteiger partial charge in [0.2, 0.25) is 0 Å². The minimum Gasteiger partial charge on any atom is -0.475 e. The summed E-state index contributed by atoms with van der Waals surface area (Å²) in [6.45, 7) is 7.58. The number of rotatable bonds is 7. The smallest absolute Gasteiger partial charge is 0.475 e. The maximum absolute atomic E-state index is 13.0. The summed E-state index contributed by atoms with van der Waals surface area (Å²) in [4.78, 5) is 23.6. The van der Waals surface area contributed by atoms with E-state index in [0.29, 0.717) is 17.8 Å². The standard InChI is InChI=1S/C21H28N4O3S.C2HF3O2/c1-3-9-23-21(26)17-7-8-20(25-12-10-22-11-13-25)19(15-17)24-29(27,28)18-6-4-5-16(2)14-18;3-2(4,5)1(6)7/h4-8,14-15,22,24H,3,9-13H2,1-2H3,(H,23,26);(H,6,7). The van der Waals surface area contributed by atoms with Crippen LogP contribution in [0.5, 0.6) is 0 Å². The third-order valence-corrected chi connectivity index (χ3v) is 6.40. The second-order valence-corrected chi connectivity index (χ2v) is 9.63. The van der Waals surface area contributed by atoms with Crippen LogP contribution in [0.4, 0.5) is 24.5 Å². The Labute approximate surface area is 207 Å². The van der Waals surface area contributed by atoms with E-state index in [9.17, 15) is 26.4 Å². The maximum Gasteiger partial charge on any atom is 0.490 e. The molecule has 0 radical (unpaired) electrons. The van der Waals surface area contributed by atoms with Crippen molar-refractivity contribution in [1.82, 2.24) is 10.6 Å². The van der Waals surface area contributed by atoms with E-state index in [1.165, 1.54) is 0 Å². The number of amides is 1. The fourth-order valence-corrected chi connectivity index (χ4v) is 4.44. The summed E-state index contributed by atoms with van der Waals surface area (Å²) < 4.78 is 60.4. The third kappa shape index (κ3) is 8.41. The number of aryl methyl sites for hydroxylation is 1. The number of carbonyl (C=O) groups is 2. The molecule has 0 spiro atoms. The first kappa shape index (κ1) is 28.9. The van der Waals surface area contributed by atoms with Crippen LogP contribution >= 0.6 is 0 Å². The molecule has 1 fully saturated rings. The van der Waals surface area contributed by atoms with E-state index in [4.69, 9.17) is 9.90 Å². The molecule has 4 N–H and O–H groups in total. The topological polar surface area (TPSA) is 128 Å². The number of nitrogens with one attached hydrogen (secondary N) is 3. The SMILES string of the molecule is CCCNC(=O)c1ccc(N2CCNCC2)c(NS(=O)(=O)c2cccc(C)c2)c1.O=C(O)C(F)(F)F. The normalized spacial score (nSPS) is 13.9. The molecule has 0 atom stereocenters. The van der Waals surface area contributed by atoms with Gasteiger partial charge in [0.25, 0.3) is 15.9 Å². The highest BCUT2D eigenvalue weighted by Gasteiger charge is 2.38. The Morgan fingerprint density at radius 1 is 1.11 bits per heavy atom. The molecule has 198 valence electrons. The average Bonchev–Trinajstić information content (AvgIpc) is 2.82. The van der Waals surface area contributed by atoms with E-state index < -0.39 is 22.2 Å².